The van der Waals surface area contributed by atoms with Gasteiger partial charge in [-0.25, -0.2) is 8.42 Å². The van der Waals surface area contributed by atoms with E-state index in [0.29, 0.717) is 24.0 Å². The average molecular weight is 546 g/mol. The molecule has 1 aliphatic heterocycles. The Kier molecular flexibility index (Phi) is 7.69. The Labute approximate surface area is 228 Å². The zero-order valence-electron chi connectivity index (χ0n) is 21.5. The molecule has 1 aliphatic carbocycles. The summed E-state index contributed by atoms with van der Waals surface area (Å²) in [5.74, 6) is -1.84. The van der Waals surface area contributed by atoms with E-state index < -0.39 is 28.0 Å². The first-order chi connectivity index (χ1) is 18.8. The van der Waals surface area contributed by atoms with Gasteiger partial charge in [0.25, 0.3) is 0 Å². The second-order valence-electron chi connectivity index (χ2n) is 10.5. The predicted octanol–water partition coefficient (Wildman–Crippen LogP) is 4.09. The Morgan fingerprint density at radius 1 is 1.00 bits per heavy atom. The number of benzene rings is 3. The number of fused-ring (bicyclic) bond motifs is 2. The molecule has 9 heteroatoms. The van der Waals surface area contributed by atoms with Crippen LogP contribution in [-0.4, -0.2) is 48.9 Å². The maximum absolute atomic E-state index is 14.1. The van der Waals surface area contributed by atoms with Crippen molar-refractivity contribution < 1.29 is 23.1 Å². The highest BCUT2D eigenvalue weighted by atomic mass is 32.2. The molecule has 1 heterocycles. The van der Waals surface area contributed by atoms with E-state index in [0.717, 1.165) is 30.0 Å². The van der Waals surface area contributed by atoms with E-state index in [1.165, 1.54) is 6.07 Å². The molecule has 1 amide bonds. The molecule has 0 bridgehead atoms. The molecule has 0 radical (unpaired) electrons. The van der Waals surface area contributed by atoms with E-state index in [2.05, 4.69) is 10.8 Å². The van der Waals surface area contributed by atoms with Crippen LogP contribution in [0.3, 0.4) is 0 Å². The van der Waals surface area contributed by atoms with E-state index in [1.807, 2.05) is 24.3 Å². The first-order valence-electron chi connectivity index (χ1n) is 13.3. The molecule has 202 valence electrons. The van der Waals surface area contributed by atoms with Gasteiger partial charge in [0.1, 0.15) is 6.04 Å². The second kappa shape index (κ2) is 11.2. The van der Waals surface area contributed by atoms with Crippen molar-refractivity contribution in [3.63, 3.8) is 0 Å². The van der Waals surface area contributed by atoms with Gasteiger partial charge in [-0.1, -0.05) is 55.3 Å². The number of sulfonamides is 1. The van der Waals surface area contributed by atoms with Gasteiger partial charge in [-0.3, -0.25) is 9.59 Å². The number of likely N-dealkylation sites (tertiary alicyclic amines) is 1. The molecule has 2 N–H and O–H groups in total. The highest BCUT2D eigenvalue weighted by Gasteiger charge is 2.45. The molecule has 0 spiro atoms. The lowest BCUT2D eigenvalue weighted by Crippen LogP contribution is -2.59. The number of carbonyl (C=O) groups excluding carboxylic acids is 1. The molecule has 8 nitrogen and oxygen atoms in total. The predicted molar refractivity (Wildman–Crippen MR) is 146 cm³/mol. The number of hydrogen-bond acceptors (Lipinski definition) is 5. The van der Waals surface area contributed by atoms with Crippen molar-refractivity contribution in [3.8, 4) is 6.07 Å². The summed E-state index contributed by atoms with van der Waals surface area (Å²) in [5.41, 5.74) is 1.08. The maximum atomic E-state index is 14.1. The van der Waals surface area contributed by atoms with Gasteiger partial charge in [0.05, 0.1) is 22.4 Å². The highest BCUT2D eigenvalue weighted by molar-refractivity contribution is 7.89. The number of carboxylic acids is 1. The van der Waals surface area contributed by atoms with Crippen molar-refractivity contribution in [3.05, 3.63) is 77.9 Å². The Bertz CT molecular complexity index is 1550. The number of hydrogen-bond donors (Lipinski definition) is 2. The van der Waals surface area contributed by atoms with Crippen molar-refractivity contribution >= 4 is 32.7 Å². The number of nitrogens with one attached hydrogen (secondary N) is 1. The number of amides is 1. The third kappa shape index (κ3) is 5.68. The smallest absolute Gasteiger partial charge is 0.306 e. The standard InChI is InChI=1S/C30H31N3O5S/c31-19-21-7-5-6-20(16-21)17-27(32-39(37,38)24-13-12-22-8-1-2-9-23(22)18-24)29(34)33-15-14-26(30(35)36)25-10-3-4-11-28(25)33/h1-2,5-9,12-13,16,18,25-28,32H,3-4,10-11,14-15,17H2,(H,35,36)/t25?,26?,27-,28?/m0/s1. The van der Waals surface area contributed by atoms with Crippen LogP contribution in [-0.2, 0) is 26.0 Å². The molecule has 1 saturated carbocycles. The zero-order chi connectivity index (χ0) is 27.6. The summed E-state index contributed by atoms with van der Waals surface area (Å²) in [6, 6.07) is 19.8. The van der Waals surface area contributed by atoms with Crippen LogP contribution in [0.1, 0.15) is 43.2 Å². The number of nitriles is 1. The van der Waals surface area contributed by atoms with Gasteiger partial charge < -0.3 is 10.0 Å². The summed E-state index contributed by atoms with van der Waals surface area (Å²) in [6.07, 6.45) is 3.67. The van der Waals surface area contributed by atoms with Crippen molar-refractivity contribution in [1.29, 1.82) is 5.26 Å². The largest absolute Gasteiger partial charge is 0.481 e. The fraction of sp³-hybridized carbons (Fsp3) is 0.367. The Hall–Kier alpha value is -3.74. The lowest BCUT2D eigenvalue weighted by Gasteiger charge is -2.47. The summed E-state index contributed by atoms with van der Waals surface area (Å²) in [6.45, 7) is 0.267. The van der Waals surface area contributed by atoms with Crippen LogP contribution in [0.5, 0.6) is 0 Å². The fourth-order valence-corrected chi connectivity index (χ4v) is 7.43. The van der Waals surface area contributed by atoms with Crippen molar-refractivity contribution in [1.82, 2.24) is 9.62 Å². The Morgan fingerprint density at radius 2 is 1.77 bits per heavy atom. The summed E-state index contributed by atoms with van der Waals surface area (Å²) in [5, 5.41) is 20.8. The fourth-order valence-electron chi connectivity index (χ4n) is 6.21. The van der Waals surface area contributed by atoms with Gasteiger partial charge in [-0.2, -0.15) is 9.98 Å². The summed E-state index contributed by atoms with van der Waals surface area (Å²) in [7, 11) is -4.08. The summed E-state index contributed by atoms with van der Waals surface area (Å²) < 4.78 is 29.9. The minimum Gasteiger partial charge on any atom is -0.481 e. The SMILES string of the molecule is N#Cc1cccc(C[C@H](NS(=O)(=O)c2ccc3ccccc3c2)C(=O)N2CCC(C(=O)O)C3CCCCC32)c1. The summed E-state index contributed by atoms with van der Waals surface area (Å²) in [4.78, 5) is 27.8. The van der Waals surface area contributed by atoms with Crippen molar-refractivity contribution in [2.24, 2.45) is 11.8 Å². The number of carbonyl (C=O) groups is 2. The maximum Gasteiger partial charge on any atom is 0.306 e. The minimum atomic E-state index is -4.08. The number of carboxylic acid groups (broad SMARTS) is 1. The monoisotopic (exact) mass is 545 g/mol. The minimum absolute atomic E-state index is 0.0601. The molecule has 3 unspecified atom stereocenters. The molecule has 0 aromatic heterocycles. The normalized spacial score (nSPS) is 22.0. The van der Waals surface area contributed by atoms with Crippen LogP contribution >= 0.6 is 0 Å². The number of piperidine rings is 1. The first-order valence-corrected chi connectivity index (χ1v) is 14.8. The van der Waals surface area contributed by atoms with E-state index in [4.69, 9.17) is 0 Å². The van der Waals surface area contributed by atoms with E-state index in [9.17, 15) is 28.4 Å². The van der Waals surface area contributed by atoms with Gasteiger partial charge >= 0.3 is 5.97 Å². The van der Waals surface area contributed by atoms with Crippen LogP contribution < -0.4 is 4.72 Å². The molecule has 3 aromatic carbocycles. The number of nitrogens with zero attached hydrogens (tertiary/aromatic N) is 2. The van der Waals surface area contributed by atoms with E-state index in [1.54, 1.807) is 41.3 Å². The van der Waals surface area contributed by atoms with Gasteiger partial charge in [-0.15, -0.1) is 0 Å². The molecule has 1 saturated heterocycles. The van der Waals surface area contributed by atoms with Crippen LogP contribution in [0, 0.1) is 23.2 Å². The lowest BCUT2D eigenvalue weighted by atomic mass is 9.71. The molecule has 39 heavy (non-hydrogen) atoms. The third-order valence-electron chi connectivity index (χ3n) is 8.10. The molecular weight excluding hydrogens is 514 g/mol. The van der Waals surface area contributed by atoms with Gasteiger partial charge in [0, 0.05) is 12.6 Å². The Balaban J connectivity index is 1.47. The van der Waals surface area contributed by atoms with Gasteiger partial charge in [-0.05, 0) is 72.2 Å². The second-order valence-corrected chi connectivity index (χ2v) is 12.2. The first kappa shape index (κ1) is 26.9. The molecule has 5 rings (SSSR count). The topological polar surface area (TPSA) is 128 Å². The number of rotatable bonds is 7. The lowest BCUT2D eigenvalue weighted by molar-refractivity contribution is -0.154. The molecule has 3 aromatic rings. The van der Waals surface area contributed by atoms with Gasteiger partial charge in [0.2, 0.25) is 15.9 Å². The quantitative estimate of drug-likeness (QED) is 0.460. The van der Waals surface area contributed by atoms with Crippen molar-refractivity contribution in [2.75, 3.05) is 6.54 Å². The average Bonchev–Trinajstić information content (AvgIpc) is 2.95. The Morgan fingerprint density at radius 3 is 2.54 bits per heavy atom. The zero-order valence-corrected chi connectivity index (χ0v) is 22.3. The molecular formula is C30H31N3O5S. The molecule has 2 aliphatic rings. The van der Waals surface area contributed by atoms with Crippen LogP contribution in [0.2, 0.25) is 0 Å². The van der Waals surface area contributed by atoms with Crippen molar-refractivity contribution in [2.45, 2.75) is 55.5 Å². The molecule has 4 atom stereocenters. The van der Waals surface area contributed by atoms with Crippen LogP contribution in [0.25, 0.3) is 10.8 Å². The highest BCUT2D eigenvalue weighted by Crippen LogP contribution is 2.39. The summed E-state index contributed by atoms with van der Waals surface area (Å²) >= 11 is 0. The third-order valence-corrected chi connectivity index (χ3v) is 9.57. The van der Waals surface area contributed by atoms with E-state index in [-0.39, 0.29) is 35.7 Å². The molecule has 2 fully saturated rings. The van der Waals surface area contributed by atoms with E-state index >= 15 is 0 Å². The van der Waals surface area contributed by atoms with Gasteiger partial charge in [0.15, 0.2) is 0 Å². The van der Waals surface area contributed by atoms with Crippen LogP contribution in [0.4, 0.5) is 0 Å². The van der Waals surface area contributed by atoms with Crippen LogP contribution in [0.15, 0.2) is 71.6 Å². The number of aliphatic carboxylic acids is 1.